The van der Waals surface area contributed by atoms with Crippen molar-refractivity contribution in [2.75, 3.05) is 35.4 Å². The normalized spacial score (nSPS) is 12.2. The number of methoxy groups -OCH3 is 2. The van der Waals surface area contributed by atoms with Crippen LogP contribution in [0.4, 0.5) is 18.9 Å². The van der Waals surface area contributed by atoms with Crippen molar-refractivity contribution < 1.29 is 35.6 Å². The summed E-state index contributed by atoms with van der Waals surface area (Å²) in [6.07, 6.45) is 0. The summed E-state index contributed by atoms with van der Waals surface area (Å²) >= 11 is 0. The lowest BCUT2D eigenvalue weighted by Crippen LogP contribution is -2.34. The maximum absolute atomic E-state index is 10.7. The SMILES string of the molecule is COc1cc(OC)cc([N+](C)(C)C)c1.O=S(=O)([O-])C(F)(F)F. The third-order valence-corrected chi connectivity index (χ3v) is 2.96. The van der Waals surface area contributed by atoms with Gasteiger partial charge in [-0.25, -0.2) is 8.42 Å². The Kier molecular flexibility index (Phi) is 6.67. The van der Waals surface area contributed by atoms with Gasteiger partial charge in [-0.2, -0.15) is 13.2 Å². The Morgan fingerprint density at radius 3 is 1.50 bits per heavy atom. The molecule has 10 heteroatoms. The molecule has 0 aromatic heterocycles. The lowest BCUT2D eigenvalue weighted by Gasteiger charge is -2.24. The van der Waals surface area contributed by atoms with Crippen LogP contribution in [0, 0.1) is 0 Å². The van der Waals surface area contributed by atoms with Gasteiger partial charge in [-0.3, -0.25) is 4.48 Å². The zero-order chi connectivity index (χ0) is 17.8. The fraction of sp³-hybridized carbons (Fsp3) is 0.500. The van der Waals surface area contributed by atoms with Crippen molar-refractivity contribution in [3.63, 3.8) is 0 Å². The van der Waals surface area contributed by atoms with Crippen molar-refractivity contribution >= 4 is 15.8 Å². The Balaban J connectivity index is 0.000000472. The van der Waals surface area contributed by atoms with Crippen LogP contribution in [0.25, 0.3) is 0 Å². The van der Waals surface area contributed by atoms with E-state index in [9.17, 15) is 13.2 Å². The first-order valence-corrected chi connectivity index (χ1v) is 7.20. The predicted octanol–water partition coefficient (Wildman–Crippen LogP) is 1.95. The van der Waals surface area contributed by atoms with Crippen molar-refractivity contribution in [3.05, 3.63) is 18.2 Å². The van der Waals surface area contributed by atoms with E-state index in [0.29, 0.717) is 0 Å². The van der Waals surface area contributed by atoms with Crippen molar-refractivity contribution in [2.24, 2.45) is 0 Å². The van der Waals surface area contributed by atoms with Crippen LogP contribution in [0.1, 0.15) is 0 Å². The summed E-state index contributed by atoms with van der Waals surface area (Å²) in [5.74, 6) is 1.65. The molecule has 128 valence electrons. The quantitative estimate of drug-likeness (QED) is 0.475. The molecule has 0 N–H and O–H groups in total. The average molecular weight is 345 g/mol. The molecular formula is C12H18F3NO5S. The van der Waals surface area contributed by atoms with Gasteiger partial charge in [-0.15, -0.1) is 0 Å². The summed E-state index contributed by atoms with van der Waals surface area (Å²) in [7, 11) is 3.55. The van der Waals surface area contributed by atoms with Gasteiger partial charge < -0.3 is 14.0 Å². The van der Waals surface area contributed by atoms with E-state index < -0.39 is 15.6 Å². The van der Waals surface area contributed by atoms with Gasteiger partial charge in [-0.05, 0) is 0 Å². The molecule has 0 atom stereocenters. The molecule has 6 nitrogen and oxygen atoms in total. The Hall–Kier alpha value is -1.52. The molecule has 0 aliphatic rings. The molecule has 0 aliphatic heterocycles. The van der Waals surface area contributed by atoms with E-state index in [0.717, 1.165) is 21.7 Å². The van der Waals surface area contributed by atoms with Gasteiger partial charge in [0.25, 0.3) is 0 Å². The van der Waals surface area contributed by atoms with E-state index in [1.165, 1.54) is 0 Å². The van der Waals surface area contributed by atoms with Crippen LogP contribution in [0.3, 0.4) is 0 Å². The summed E-state index contributed by atoms with van der Waals surface area (Å²) < 4.78 is 70.1. The predicted molar refractivity (Wildman–Crippen MR) is 74.9 cm³/mol. The molecule has 0 radical (unpaired) electrons. The third kappa shape index (κ3) is 6.50. The van der Waals surface area contributed by atoms with Gasteiger partial charge in [0.2, 0.25) is 0 Å². The number of benzene rings is 1. The Bertz CT molecular complexity index is 572. The number of halogens is 3. The molecule has 1 aromatic carbocycles. The fourth-order valence-corrected chi connectivity index (χ4v) is 1.18. The van der Waals surface area contributed by atoms with E-state index in [1.54, 1.807) is 14.2 Å². The summed E-state index contributed by atoms with van der Waals surface area (Å²) in [4.78, 5) is 0. The standard InChI is InChI=1S/C11H18NO2.CHF3O3S/c1-12(2,3)9-6-10(13-4)8-11(7-9)14-5;2-1(3,4)8(5,6)7/h6-8H,1-5H3;(H,5,6,7)/q+1;/p-1. The molecule has 0 amide bonds. The lowest BCUT2D eigenvalue weighted by molar-refractivity contribution is -0.0517. The Morgan fingerprint density at radius 1 is 1.00 bits per heavy atom. The van der Waals surface area contributed by atoms with Crippen LogP contribution in [0.2, 0.25) is 0 Å². The van der Waals surface area contributed by atoms with Crippen LogP contribution in [-0.4, -0.2) is 53.8 Å². The summed E-state index contributed by atoms with van der Waals surface area (Å²) in [6.45, 7) is 0. The largest absolute Gasteiger partial charge is 0.741 e. The minimum Gasteiger partial charge on any atom is -0.741 e. The van der Waals surface area contributed by atoms with Gasteiger partial charge in [0.15, 0.2) is 10.1 Å². The number of alkyl halides is 3. The smallest absolute Gasteiger partial charge is 0.485 e. The highest BCUT2D eigenvalue weighted by atomic mass is 32.2. The minimum atomic E-state index is -6.09. The van der Waals surface area contributed by atoms with Crippen LogP contribution < -0.4 is 14.0 Å². The Labute approximate surface area is 127 Å². The zero-order valence-electron chi connectivity index (χ0n) is 12.8. The van der Waals surface area contributed by atoms with Crippen molar-refractivity contribution in [1.82, 2.24) is 4.48 Å². The van der Waals surface area contributed by atoms with Gasteiger partial charge in [-0.1, -0.05) is 0 Å². The third-order valence-electron chi connectivity index (χ3n) is 2.39. The molecule has 0 spiro atoms. The highest BCUT2D eigenvalue weighted by molar-refractivity contribution is 7.86. The molecule has 1 rings (SSSR count). The monoisotopic (exact) mass is 345 g/mol. The van der Waals surface area contributed by atoms with E-state index >= 15 is 0 Å². The van der Waals surface area contributed by atoms with Crippen molar-refractivity contribution in [2.45, 2.75) is 5.51 Å². The molecule has 22 heavy (non-hydrogen) atoms. The molecule has 0 fully saturated rings. The summed E-state index contributed by atoms with van der Waals surface area (Å²) in [6, 6.07) is 5.91. The first kappa shape index (κ1) is 20.5. The van der Waals surface area contributed by atoms with E-state index in [-0.39, 0.29) is 0 Å². The fourth-order valence-electron chi connectivity index (χ4n) is 1.18. The van der Waals surface area contributed by atoms with E-state index in [4.69, 9.17) is 22.4 Å². The number of ether oxygens (including phenoxy) is 2. The zero-order valence-corrected chi connectivity index (χ0v) is 13.6. The molecule has 1 aromatic rings. The molecule has 0 saturated heterocycles. The maximum Gasteiger partial charge on any atom is 0.485 e. The molecule has 0 heterocycles. The van der Waals surface area contributed by atoms with Crippen LogP contribution in [-0.2, 0) is 10.1 Å². The number of hydrogen-bond donors (Lipinski definition) is 0. The Morgan fingerprint density at radius 2 is 1.32 bits per heavy atom. The van der Waals surface area contributed by atoms with Gasteiger partial charge in [0, 0.05) is 18.2 Å². The van der Waals surface area contributed by atoms with Crippen molar-refractivity contribution in [1.29, 1.82) is 0 Å². The molecule has 0 bridgehead atoms. The van der Waals surface area contributed by atoms with E-state index in [1.807, 2.05) is 18.2 Å². The number of hydrogen-bond acceptors (Lipinski definition) is 5. The van der Waals surface area contributed by atoms with Crippen LogP contribution in [0.5, 0.6) is 11.5 Å². The van der Waals surface area contributed by atoms with E-state index in [2.05, 4.69) is 21.1 Å². The first-order valence-electron chi connectivity index (χ1n) is 5.79. The molecular weight excluding hydrogens is 327 g/mol. The highest BCUT2D eigenvalue weighted by Gasteiger charge is 2.36. The average Bonchev–Trinajstić information content (AvgIpc) is 2.35. The van der Waals surface area contributed by atoms with Crippen LogP contribution >= 0.6 is 0 Å². The van der Waals surface area contributed by atoms with Crippen LogP contribution in [0.15, 0.2) is 18.2 Å². The number of quaternary nitrogens is 1. The number of rotatable bonds is 3. The second-order valence-corrected chi connectivity index (χ2v) is 6.35. The minimum absolute atomic E-state index is 0.744. The second kappa shape index (κ2) is 7.16. The number of nitrogens with zero attached hydrogens (tertiary/aromatic N) is 1. The summed E-state index contributed by atoms with van der Waals surface area (Å²) in [5, 5.41) is 0. The molecule has 0 aliphatic carbocycles. The van der Waals surface area contributed by atoms with Crippen molar-refractivity contribution in [3.8, 4) is 11.5 Å². The molecule has 0 unspecified atom stereocenters. The maximum atomic E-state index is 10.7. The lowest BCUT2D eigenvalue weighted by atomic mass is 10.2. The van der Waals surface area contributed by atoms with Gasteiger partial charge >= 0.3 is 5.51 Å². The topological polar surface area (TPSA) is 75.7 Å². The first-order chi connectivity index (χ1) is 9.72. The van der Waals surface area contributed by atoms with Gasteiger partial charge in [0.1, 0.15) is 17.2 Å². The second-order valence-electron chi connectivity index (χ2n) is 4.98. The van der Waals surface area contributed by atoms with Gasteiger partial charge in [0.05, 0.1) is 35.4 Å². The molecule has 0 saturated carbocycles. The summed E-state index contributed by atoms with van der Waals surface area (Å²) in [5.41, 5.74) is -4.49. The highest BCUT2D eigenvalue weighted by Crippen LogP contribution is 2.29.